The number of methoxy groups -OCH3 is 2. The van der Waals surface area contributed by atoms with Crippen LogP contribution in [0.25, 0.3) is 0 Å². The zero-order valence-corrected chi connectivity index (χ0v) is 14.6. The van der Waals surface area contributed by atoms with Crippen LogP contribution in [0.15, 0.2) is 35.7 Å². The average Bonchev–Trinajstić information content (AvgIpc) is 3.18. The van der Waals surface area contributed by atoms with E-state index in [9.17, 15) is 14.4 Å². The lowest BCUT2D eigenvalue weighted by Crippen LogP contribution is -2.31. The van der Waals surface area contributed by atoms with E-state index >= 15 is 0 Å². The van der Waals surface area contributed by atoms with E-state index < -0.39 is 18.4 Å². The zero-order valence-electron chi connectivity index (χ0n) is 13.7. The molecule has 132 valence electrons. The van der Waals surface area contributed by atoms with Gasteiger partial charge in [-0.1, -0.05) is 6.07 Å². The lowest BCUT2D eigenvalue weighted by molar-refractivity contribution is -0.141. The third kappa shape index (κ3) is 5.05. The second-order valence-corrected chi connectivity index (χ2v) is 5.76. The van der Waals surface area contributed by atoms with E-state index in [4.69, 9.17) is 14.2 Å². The maximum atomic E-state index is 12.2. The van der Waals surface area contributed by atoms with Gasteiger partial charge in [0.05, 0.1) is 24.7 Å². The van der Waals surface area contributed by atoms with E-state index in [-0.39, 0.29) is 18.0 Å². The number of hydrogen-bond acceptors (Lipinski definition) is 7. The molecular formula is C17H17NO6S. The van der Waals surface area contributed by atoms with Crippen molar-refractivity contribution >= 4 is 29.0 Å². The molecule has 0 aliphatic rings. The Morgan fingerprint density at radius 1 is 1.12 bits per heavy atom. The van der Waals surface area contributed by atoms with Gasteiger partial charge in [-0.25, -0.2) is 0 Å². The zero-order chi connectivity index (χ0) is 18.2. The first-order chi connectivity index (χ1) is 12.0. The number of rotatable bonds is 8. The van der Waals surface area contributed by atoms with Gasteiger partial charge in [-0.05, 0) is 23.6 Å². The molecule has 2 rings (SSSR count). The Kier molecular flexibility index (Phi) is 6.53. The van der Waals surface area contributed by atoms with Crippen LogP contribution in [0.5, 0.6) is 11.5 Å². The fourth-order valence-electron chi connectivity index (χ4n) is 1.95. The average molecular weight is 363 g/mol. The van der Waals surface area contributed by atoms with Crippen LogP contribution in [0.3, 0.4) is 0 Å². The summed E-state index contributed by atoms with van der Waals surface area (Å²) in [6.07, 6.45) is 0. The molecule has 2 aromatic rings. The fourth-order valence-corrected chi connectivity index (χ4v) is 2.59. The minimum atomic E-state index is -0.703. The maximum Gasteiger partial charge on any atom is 0.325 e. The van der Waals surface area contributed by atoms with Gasteiger partial charge in [0.15, 0.2) is 6.61 Å². The number of amides is 1. The van der Waals surface area contributed by atoms with Crippen molar-refractivity contribution < 1.29 is 28.6 Å². The highest BCUT2D eigenvalue weighted by molar-refractivity contribution is 7.12. The van der Waals surface area contributed by atoms with Crippen LogP contribution in [0.1, 0.15) is 20.0 Å². The number of hydrogen-bond donors (Lipinski definition) is 1. The molecule has 0 fully saturated rings. The topological polar surface area (TPSA) is 90.9 Å². The summed E-state index contributed by atoms with van der Waals surface area (Å²) in [5.41, 5.74) is 0.277. The summed E-state index contributed by atoms with van der Waals surface area (Å²) < 4.78 is 15.1. The second-order valence-electron chi connectivity index (χ2n) is 4.81. The molecule has 0 radical (unpaired) electrons. The molecule has 1 heterocycles. The van der Waals surface area contributed by atoms with Crippen molar-refractivity contribution in [3.8, 4) is 11.5 Å². The van der Waals surface area contributed by atoms with Crippen molar-refractivity contribution in [2.75, 3.05) is 27.4 Å². The molecule has 1 N–H and O–H groups in total. The summed E-state index contributed by atoms with van der Waals surface area (Å²) in [6.45, 7) is -0.764. The van der Waals surface area contributed by atoms with E-state index in [1.54, 1.807) is 29.6 Å². The van der Waals surface area contributed by atoms with Crippen LogP contribution >= 0.6 is 11.3 Å². The number of benzene rings is 1. The first-order valence-electron chi connectivity index (χ1n) is 7.27. The SMILES string of the molecule is COc1ccc(C(=O)COC(=O)CNC(=O)c2cccs2)c(OC)c1. The van der Waals surface area contributed by atoms with Crippen molar-refractivity contribution in [2.45, 2.75) is 0 Å². The summed E-state index contributed by atoms with van der Waals surface area (Å²) in [6, 6.07) is 8.09. The number of esters is 1. The highest BCUT2D eigenvalue weighted by atomic mass is 32.1. The number of nitrogens with one attached hydrogen (secondary N) is 1. The molecule has 0 unspecified atom stereocenters. The quantitative estimate of drug-likeness (QED) is 0.569. The Labute approximate surface area is 148 Å². The largest absolute Gasteiger partial charge is 0.497 e. The Morgan fingerprint density at radius 3 is 2.56 bits per heavy atom. The summed E-state index contributed by atoms with van der Waals surface area (Å²) in [5, 5.41) is 4.19. The van der Waals surface area contributed by atoms with Crippen LogP contribution < -0.4 is 14.8 Å². The normalized spacial score (nSPS) is 10.0. The third-order valence-corrected chi connectivity index (χ3v) is 4.08. The Hall–Kier alpha value is -2.87. The van der Waals surface area contributed by atoms with Gasteiger partial charge >= 0.3 is 5.97 Å². The number of thiophene rings is 1. The molecule has 0 bridgehead atoms. The molecular weight excluding hydrogens is 346 g/mol. The Bertz CT molecular complexity index is 757. The number of carbonyl (C=O) groups is 3. The molecule has 1 aromatic carbocycles. The van der Waals surface area contributed by atoms with Gasteiger partial charge < -0.3 is 19.5 Å². The molecule has 8 heteroatoms. The number of Topliss-reactive ketones (excluding diaryl/α,β-unsaturated/α-hetero) is 1. The molecule has 0 aliphatic heterocycles. The molecule has 7 nitrogen and oxygen atoms in total. The van der Waals surface area contributed by atoms with Crippen LogP contribution in [-0.4, -0.2) is 45.0 Å². The summed E-state index contributed by atoms with van der Waals surface area (Å²) in [4.78, 5) is 36.0. The number of ketones is 1. The first-order valence-corrected chi connectivity index (χ1v) is 8.15. The first kappa shape index (κ1) is 18.5. The van der Waals surface area contributed by atoms with Crippen molar-refractivity contribution in [1.82, 2.24) is 5.32 Å². The molecule has 0 saturated heterocycles. The summed E-state index contributed by atoms with van der Waals surface area (Å²) >= 11 is 1.26. The summed E-state index contributed by atoms with van der Waals surface area (Å²) in [7, 11) is 2.93. The van der Waals surface area contributed by atoms with E-state index in [0.717, 1.165) is 0 Å². The van der Waals surface area contributed by atoms with E-state index in [0.29, 0.717) is 16.4 Å². The van der Waals surface area contributed by atoms with Gasteiger partial charge in [0.2, 0.25) is 5.78 Å². The van der Waals surface area contributed by atoms with Crippen LogP contribution in [-0.2, 0) is 9.53 Å². The second kappa shape index (κ2) is 8.84. The molecule has 1 aromatic heterocycles. The smallest absolute Gasteiger partial charge is 0.325 e. The molecule has 1 amide bonds. The summed E-state index contributed by atoms with van der Waals surface area (Å²) in [5.74, 6) is -0.619. The monoisotopic (exact) mass is 363 g/mol. The molecule has 25 heavy (non-hydrogen) atoms. The van der Waals surface area contributed by atoms with Crippen LogP contribution in [0.4, 0.5) is 0 Å². The van der Waals surface area contributed by atoms with Crippen LogP contribution in [0.2, 0.25) is 0 Å². The predicted octanol–water partition coefficient (Wildman–Crippen LogP) is 1.92. The van der Waals surface area contributed by atoms with Gasteiger partial charge in [-0.15, -0.1) is 11.3 Å². The van der Waals surface area contributed by atoms with Gasteiger partial charge in [-0.2, -0.15) is 0 Å². The standard InChI is InChI=1S/C17H17NO6S/c1-22-11-5-6-12(14(8-11)23-2)13(19)10-24-16(20)9-18-17(21)15-4-3-7-25-15/h3-8H,9-10H2,1-2H3,(H,18,21). The molecule has 0 aliphatic carbocycles. The lowest BCUT2D eigenvalue weighted by atomic mass is 10.1. The highest BCUT2D eigenvalue weighted by Gasteiger charge is 2.16. The van der Waals surface area contributed by atoms with E-state index in [1.807, 2.05) is 0 Å². The van der Waals surface area contributed by atoms with Crippen molar-refractivity contribution in [1.29, 1.82) is 0 Å². The Morgan fingerprint density at radius 2 is 1.92 bits per heavy atom. The van der Waals surface area contributed by atoms with E-state index in [1.165, 1.54) is 31.6 Å². The van der Waals surface area contributed by atoms with Gasteiger partial charge in [-0.3, -0.25) is 14.4 Å². The third-order valence-electron chi connectivity index (χ3n) is 3.21. The van der Waals surface area contributed by atoms with E-state index in [2.05, 4.69) is 5.32 Å². The predicted molar refractivity (Wildman–Crippen MR) is 91.5 cm³/mol. The van der Waals surface area contributed by atoms with Crippen molar-refractivity contribution in [3.05, 3.63) is 46.2 Å². The number of ether oxygens (including phenoxy) is 3. The van der Waals surface area contributed by atoms with Crippen LogP contribution in [0, 0.1) is 0 Å². The maximum absolute atomic E-state index is 12.2. The van der Waals surface area contributed by atoms with Crippen molar-refractivity contribution in [2.24, 2.45) is 0 Å². The van der Waals surface area contributed by atoms with Gasteiger partial charge in [0.25, 0.3) is 5.91 Å². The number of carbonyl (C=O) groups excluding carboxylic acids is 3. The minimum Gasteiger partial charge on any atom is -0.497 e. The highest BCUT2D eigenvalue weighted by Crippen LogP contribution is 2.24. The Balaban J connectivity index is 1.85. The van der Waals surface area contributed by atoms with Gasteiger partial charge in [0.1, 0.15) is 18.0 Å². The lowest BCUT2D eigenvalue weighted by Gasteiger charge is -2.10. The fraction of sp³-hybridized carbons (Fsp3) is 0.235. The molecule has 0 saturated carbocycles. The van der Waals surface area contributed by atoms with Gasteiger partial charge in [0, 0.05) is 6.07 Å². The van der Waals surface area contributed by atoms with Crippen molar-refractivity contribution in [3.63, 3.8) is 0 Å². The molecule has 0 spiro atoms. The minimum absolute atomic E-state index is 0.277. The molecule has 0 atom stereocenters.